The number of nitrogens with zero attached hydrogens (tertiary/aromatic N) is 2. The fourth-order valence-electron chi connectivity index (χ4n) is 1.44. The molecule has 18 heavy (non-hydrogen) atoms. The van der Waals surface area contributed by atoms with E-state index in [1.54, 1.807) is 36.5 Å². The molecular weight excluding hydrogens is 250 g/mol. The minimum Gasteiger partial charge on any atom is -0.487 e. The van der Waals surface area contributed by atoms with Crippen LogP contribution in [0.1, 0.15) is 11.3 Å². The first-order valence-corrected chi connectivity index (χ1v) is 5.59. The lowest BCUT2D eigenvalue weighted by Gasteiger charge is -2.09. The Bertz CT molecular complexity index is 607. The van der Waals surface area contributed by atoms with Crippen LogP contribution in [0, 0.1) is 11.3 Å². The lowest BCUT2D eigenvalue weighted by molar-refractivity contribution is 0.308. The second kappa shape index (κ2) is 5.39. The number of benzene rings is 1. The van der Waals surface area contributed by atoms with Crippen LogP contribution in [0.3, 0.4) is 0 Å². The highest BCUT2D eigenvalue weighted by molar-refractivity contribution is 6.30. The molecule has 4 nitrogen and oxygen atoms in total. The molecule has 1 heterocycles. The van der Waals surface area contributed by atoms with Gasteiger partial charge >= 0.3 is 0 Å². The molecule has 0 fully saturated rings. The van der Waals surface area contributed by atoms with Crippen molar-refractivity contribution in [2.24, 2.45) is 0 Å². The summed E-state index contributed by atoms with van der Waals surface area (Å²) in [6, 6.07) is 10.5. The van der Waals surface area contributed by atoms with E-state index in [0.717, 1.165) is 5.56 Å². The molecule has 0 saturated heterocycles. The Morgan fingerprint density at radius 2 is 2.17 bits per heavy atom. The smallest absolute Gasteiger partial charge is 0.142 e. The van der Waals surface area contributed by atoms with Gasteiger partial charge < -0.3 is 10.5 Å². The third-order valence-electron chi connectivity index (χ3n) is 2.31. The summed E-state index contributed by atoms with van der Waals surface area (Å²) in [4.78, 5) is 3.88. The zero-order chi connectivity index (χ0) is 13.0. The average Bonchev–Trinajstić information content (AvgIpc) is 2.38. The van der Waals surface area contributed by atoms with Crippen LogP contribution in [-0.2, 0) is 6.61 Å². The Morgan fingerprint density at radius 3 is 2.89 bits per heavy atom. The third-order valence-corrected chi connectivity index (χ3v) is 2.54. The molecule has 0 radical (unpaired) electrons. The van der Waals surface area contributed by atoms with Crippen molar-refractivity contribution >= 4 is 17.3 Å². The summed E-state index contributed by atoms with van der Waals surface area (Å²) in [5.41, 5.74) is 7.47. The van der Waals surface area contributed by atoms with E-state index < -0.39 is 0 Å². The molecular formula is C13H10ClN3O. The maximum Gasteiger partial charge on any atom is 0.142 e. The van der Waals surface area contributed by atoms with E-state index in [1.165, 1.54) is 0 Å². The van der Waals surface area contributed by atoms with E-state index in [0.29, 0.717) is 28.8 Å². The maximum atomic E-state index is 8.73. The Kier molecular flexibility index (Phi) is 3.66. The summed E-state index contributed by atoms with van der Waals surface area (Å²) in [7, 11) is 0. The number of nitrogens with two attached hydrogens (primary N) is 1. The van der Waals surface area contributed by atoms with Crippen LogP contribution in [-0.4, -0.2) is 4.98 Å². The number of anilines is 1. The van der Waals surface area contributed by atoms with Crippen LogP contribution in [0.5, 0.6) is 5.75 Å². The topological polar surface area (TPSA) is 71.9 Å². The molecule has 0 saturated carbocycles. The molecule has 2 rings (SSSR count). The number of aromatic nitrogens is 1. The summed E-state index contributed by atoms with van der Waals surface area (Å²) >= 11 is 5.79. The van der Waals surface area contributed by atoms with Crippen molar-refractivity contribution in [3.8, 4) is 11.8 Å². The average molecular weight is 260 g/mol. The standard InChI is InChI=1S/C13H10ClN3O/c14-10-1-2-13(12(16)6-10)18-8-9-3-4-17-11(5-9)7-15/h1-6H,8,16H2. The van der Waals surface area contributed by atoms with Gasteiger partial charge in [-0.15, -0.1) is 0 Å². The highest BCUT2D eigenvalue weighted by Crippen LogP contribution is 2.25. The van der Waals surface area contributed by atoms with Gasteiger partial charge in [0.05, 0.1) is 5.69 Å². The summed E-state index contributed by atoms with van der Waals surface area (Å²) in [5.74, 6) is 0.565. The van der Waals surface area contributed by atoms with Gasteiger partial charge in [-0.1, -0.05) is 11.6 Å². The van der Waals surface area contributed by atoms with E-state index in [1.807, 2.05) is 6.07 Å². The van der Waals surface area contributed by atoms with Gasteiger partial charge in [-0.3, -0.25) is 0 Å². The summed E-state index contributed by atoms with van der Waals surface area (Å²) in [6.07, 6.45) is 1.57. The van der Waals surface area contributed by atoms with Gasteiger partial charge in [-0.05, 0) is 35.9 Å². The number of hydrogen-bond donors (Lipinski definition) is 1. The highest BCUT2D eigenvalue weighted by Gasteiger charge is 2.02. The first kappa shape index (κ1) is 12.2. The van der Waals surface area contributed by atoms with Gasteiger partial charge in [0.1, 0.15) is 24.1 Å². The normalized spacial score (nSPS) is 9.78. The van der Waals surface area contributed by atoms with E-state index in [2.05, 4.69) is 4.98 Å². The Balaban J connectivity index is 2.09. The number of hydrogen-bond acceptors (Lipinski definition) is 4. The molecule has 0 unspecified atom stereocenters. The van der Waals surface area contributed by atoms with E-state index in [9.17, 15) is 0 Å². The first-order valence-electron chi connectivity index (χ1n) is 5.22. The monoisotopic (exact) mass is 259 g/mol. The number of ether oxygens (including phenoxy) is 1. The van der Waals surface area contributed by atoms with Gasteiger partial charge in [0.2, 0.25) is 0 Å². The molecule has 0 aliphatic carbocycles. The summed E-state index contributed by atoms with van der Waals surface area (Å²) in [6.45, 7) is 0.322. The minimum absolute atomic E-state index is 0.322. The van der Waals surface area contributed by atoms with E-state index in [4.69, 9.17) is 27.3 Å². The van der Waals surface area contributed by atoms with Crippen molar-refractivity contribution < 1.29 is 4.74 Å². The van der Waals surface area contributed by atoms with Gasteiger partial charge in [0.25, 0.3) is 0 Å². The number of halogens is 1. The lowest BCUT2D eigenvalue weighted by atomic mass is 10.2. The summed E-state index contributed by atoms with van der Waals surface area (Å²) in [5, 5.41) is 9.30. The van der Waals surface area contributed by atoms with Crippen molar-refractivity contribution in [2.45, 2.75) is 6.61 Å². The van der Waals surface area contributed by atoms with Gasteiger partial charge in [0, 0.05) is 11.2 Å². The molecule has 0 aliphatic heterocycles. The Morgan fingerprint density at radius 1 is 1.33 bits per heavy atom. The fraction of sp³-hybridized carbons (Fsp3) is 0.0769. The number of pyridine rings is 1. The van der Waals surface area contributed by atoms with Crippen molar-refractivity contribution in [2.75, 3.05) is 5.73 Å². The zero-order valence-corrected chi connectivity index (χ0v) is 10.2. The highest BCUT2D eigenvalue weighted by atomic mass is 35.5. The Hall–Kier alpha value is -2.25. The van der Waals surface area contributed by atoms with Crippen LogP contribution in [0.4, 0.5) is 5.69 Å². The van der Waals surface area contributed by atoms with Crippen molar-refractivity contribution in [1.82, 2.24) is 4.98 Å². The van der Waals surface area contributed by atoms with Gasteiger partial charge in [-0.2, -0.15) is 5.26 Å². The van der Waals surface area contributed by atoms with Crippen LogP contribution in [0.15, 0.2) is 36.5 Å². The molecule has 0 bridgehead atoms. The SMILES string of the molecule is N#Cc1cc(COc2ccc(Cl)cc2N)ccn1. The van der Waals surface area contributed by atoms with Crippen molar-refractivity contribution in [3.05, 3.63) is 52.8 Å². The molecule has 1 aromatic carbocycles. The van der Waals surface area contributed by atoms with Gasteiger partial charge in [-0.25, -0.2) is 4.98 Å². The molecule has 90 valence electrons. The molecule has 2 aromatic rings. The van der Waals surface area contributed by atoms with Crippen LogP contribution in [0.25, 0.3) is 0 Å². The third kappa shape index (κ3) is 2.90. The number of nitrogen functional groups attached to an aromatic ring is 1. The predicted octanol–water partition coefficient (Wildman–Crippen LogP) is 2.77. The van der Waals surface area contributed by atoms with Crippen molar-refractivity contribution in [3.63, 3.8) is 0 Å². The molecule has 1 aromatic heterocycles. The second-order valence-corrected chi connectivity index (χ2v) is 4.07. The molecule has 0 aliphatic rings. The Labute approximate surface area is 110 Å². The second-order valence-electron chi connectivity index (χ2n) is 3.63. The molecule has 0 spiro atoms. The zero-order valence-electron chi connectivity index (χ0n) is 9.43. The van der Waals surface area contributed by atoms with Crippen LogP contribution in [0.2, 0.25) is 5.02 Å². The van der Waals surface area contributed by atoms with E-state index in [-0.39, 0.29) is 0 Å². The molecule has 0 atom stereocenters. The number of nitriles is 1. The summed E-state index contributed by atoms with van der Waals surface area (Å²) < 4.78 is 5.56. The maximum absolute atomic E-state index is 8.73. The quantitative estimate of drug-likeness (QED) is 0.861. The molecule has 5 heteroatoms. The van der Waals surface area contributed by atoms with Crippen LogP contribution < -0.4 is 10.5 Å². The molecule has 0 amide bonds. The van der Waals surface area contributed by atoms with E-state index >= 15 is 0 Å². The predicted molar refractivity (Wildman–Crippen MR) is 69.1 cm³/mol. The first-order chi connectivity index (χ1) is 8.69. The van der Waals surface area contributed by atoms with Gasteiger partial charge in [0.15, 0.2) is 0 Å². The fourth-order valence-corrected chi connectivity index (χ4v) is 1.62. The molecule has 2 N–H and O–H groups in total. The number of rotatable bonds is 3. The lowest BCUT2D eigenvalue weighted by Crippen LogP contribution is -1.99. The minimum atomic E-state index is 0.322. The van der Waals surface area contributed by atoms with Crippen LogP contribution >= 0.6 is 11.6 Å². The largest absolute Gasteiger partial charge is 0.487 e. The van der Waals surface area contributed by atoms with Crippen molar-refractivity contribution in [1.29, 1.82) is 5.26 Å².